The first-order valence-corrected chi connectivity index (χ1v) is 12.4. The molecule has 1 aromatic carbocycles. The van der Waals surface area contributed by atoms with Gasteiger partial charge in [-0.15, -0.1) is 0 Å². The molecule has 2 aliphatic rings. The standard InChI is InChI=1S/C26H39N3O5/c1-6-7-24(30)27-20-10-11-21-22(13-20)34-16-18(3)29(25(31)12-19-8-9-19)14-17(2)23(33-5)15-28(4)26(21)32/h10-11,13,17-19,23H,6-9,12,14-16H2,1-5H3,(H,27,30)/t17-,18+,23-/m1/s1. The predicted molar refractivity (Wildman–Crippen MR) is 131 cm³/mol. The zero-order valence-corrected chi connectivity index (χ0v) is 21.1. The molecule has 1 N–H and O–H groups in total. The highest BCUT2D eigenvalue weighted by Gasteiger charge is 2.33. The maximum absolute atomic E-state index is 13.3. The van der Waals surface area contributed by atoms with Gasteiger partial charge in [-0.3, -0.25) is 14.4 Å². The van der Waals surface area contributed by atoms with Crippen molar-refractivity contribution in [3.8, 4) is 5.75 Å². The van der Waals surface area contributed by atoms with Crippen LogP contribution in [-0.4, -0.2) is 73.5 Å². The normalized spacial score (nSPS) is 23.9. The second-order valence-electron chi connectivity index (χ2n) is 9.80. The van der Waals surface area contributed by atoms with Gasteiger partial charge in [-0.1, -0.05) is 13.8 Å². The summed E-state index contributed by atoms with van der Waals surface area (Å²) in [5, 5.41) is 2.87. The van der Waals surface area contributed by atoms with Crippen molar-refractivity contribution in [2.24, 2.45) is 11.8 Å². The lowest BCUT2D eigenvalue weighted by atomic mass is 10.0. The fourth-order valence-electron chi connectivity index (χ4n) is 4.33. The molecule has 8 heteroatoms. The van der Waals surface area contributed by atoms with Crippen molar-refractivity contribution in [1.29, 1.82) is 0 Å². The summed E-state index contributed by atoms with van der Waals surface area (Å²) in [5.41, 5.74) is 1.000. The van der Waals surface area contributed by atoms with Crippen molar-refractivity contribution in [3.63, 3.8) is 0 Å². The number of ether oxygens (including phenoxy) is 2. The number of hydrogen-bond acceptors (Lipinski definition) is 5. The molecule has 0 unspecified atom stereocenters. The van der Waals surface area contributed by atoms with Gasteiger partial charge in [-0.2, -0.15) is 0 Å². The van der Waals surface area contributed by atoms with Gasteiger partial charge in [0, 0.05) is 57.8 Å². The lowest BCUT2D eigenvalue weighted by Gasteiger charge is -2.36. The maximum atomic E-state index is 13.3. The zero-order chi connectivity index (χ0) is 24.8. The van der Waals surface area contributed by atoms with E-state index in [9.17, 15) is 14.4 Å². The summed E-state index contributed by atoms with van der Waals surface area (Å²) in [6.45, 7) is 7.16. The minimum absolute atomic E-state index is 0.0425. The molecule has 1 aliphatic carbocycles. The van der Waals surface area contributed by atoms with E-state index in [2.05, 4.69) is 12.2 Å². The first-order valence-electron chi connectivity index (χ1n) is 12.4. The molecule has 3 rings (SSSR count). The van der Waals surface area contributed by atoms with E-state index in [1.54, 1.807) is 37.3 Å². The Balaban J connectivity index is 1.91. The van der Waals surface area contributed by atoms with Gasteiger partial charge < -0.3 is 24.6 Å². The van der Waals surface area contributed by atoms with Crippen LogP contribution in [0, 0.1) is 11.8 Å². The lowest BCUT2D eigenvalue weighted by Crippen LogP contribution is -2.48. The van der Waals surface area contributed by atoms with Crippen LogP contribution in [0.25, 0.3) is 0 Å². The number of nitrogens with zero attached hydrogens (tertiary/aromatic N) is 2. The molecular formula is C26H39N3O5. The van der Waals surface area contributed by atoms with Gasteiger partial charge in [0.2, 0.25) is 11.8 Å². The summed E-state index contributed by atoms with van der Waals surface area (Å²) in [7, 11) is 3.39. The largest absolute Gasteiger partial charge is 0.491 e. The highest BCUT2D eigenvalue weighted by Crippen LogP contribution is 2.33. The van der Waals surface area contributed by atoms with Gasteiger partial charge in [0.25, 0.3) is 5.91 Å². The number of benzene rings is 1. The first-order chi connectivity index (χ1) is 16.2. The van der Waals surface area contributed by atoms with E-state index in [-0.39, 0.29) is 42.4 Å². The molecular weight excluding hydrogens is 434 g/mol. The molecule has 3 amide bonds. The molecule has 188 valence electrons. The second-order valence-corrected chi connectivity index (χ2v) is 9.80. The quantitative estimate of drug-likeness (QED) is 0.683. The number of methoxy groups -OCH3 is 1. The van der Waals surface area contributed by atoms with Crippen LogP contribution < -0.4 is 10.1 Å². The van der Waals surface area contributed by atoms with Crippen molar-refractivity contribution < 1.29 is 23.9 Å². The molecule has 0 radical (unpaired) electrons. The number of carbonyl (C=O) groups is 3. The highest BCUT2D eigenvalue weighted by molar-refractivity contribution is 5.98. The van der Waals surface area contributed by atoms with Crippen LogP contribution in [0.15, 0.2) is 18.2 Å². The van der Waals surface area contributed by atoms with Crippen LogP contribution in [0.5, 0.6) is 5.75 Å². The Morgan fingerprint density at radius 2 is 1.94 bits per heavy atom. The number of carbonyl (C=O) groups excluding carboxylic acids is 3. The summed E-state index contributed by atoms with van der Waals surface area (Å²) in [6.07, 6.45) is 3.76. The summed E-state index contributed by atoms with van der Waals surface area (Å²) in [4.78, 5) is 42.0. The predicted octanol–water partition coefficient (Wildman–Crippen LogP) is 3.56. The SMILES string of the molecule is CCCC(=O)Nc1ccc2c(c1)OC[C@H](C)N(C(=O)CC1CC1)C[C@@H](C)[C@H](OC)CN(C)C2=O. The van der Waals surface area contributed by atoms with Crippen molar-refractivity contribution >= 4 is 23.4 Å². The minimum Gasteiger partial charge on any atom is -0.491 e. The number of fused-ring (bicyclic) bond motifs is 1. The van der Waals surface area contributed by atoms with E-state index in [1.165, 1.54) is 0 Å². The fraction of sp³-hybridized carbons (Fsp3) is 0.654. The topological polar surface area (TPSA) is 88.2 Å². The summed E-state index contributed by atoms with van der Waals surface area (Å²) in [6, 6.07) is 4.93. The summed E-state index contributed by atoms with van der Waals surface area (Å²) in [5.74, 6) is 0.819. The minimum atomic E-state index is -0.214. The van der Waals surface area contributed by atoms with Crippen LogP contribution in [-0.2, 0) is 14.3 Å². The number of likely N-dealkylation sites (N-methyl/N-ethyl adjacent to an activating group) is 1. The van der Waals surface area contributed by atoms with E-state index < -0.39 is 0 Å². The first kappa shape index (κ1) is 26.0. The number of anilines is 1. The molecule has 0 saturated heterocycles. The Bertz CT molecular complexity index is 885. The van der Waals surface area contributed by atoms with Gasteiger partial charge in [0.15, 0.2) is 0 Å². The number of rotatable bonds is 6. The summed E-state index contributed by atoms with van der Waals surface area (Å²) < 4.78 is 11.9. The third-order valence-electron chi connectivity index (χ3n) is 6.69. The highest BCUT2D eigenvalue weighted by atomic mass is 16.5. The Hall–Kier alpha value is -2.61. The van der Waals surface area contributed by atoms with E-state index >= 15 is 0 Å². The van der Waals surface area contributed by atoms with Crippen molar-refractivity contribution in [2.45, 2.75) is 65.0 Å². The fourth-order valence-corrected chi connectivity index (χ4v) is 4.33. The average molecular weight is 474 g/mol. The van der Waals surface area contributed by atoms with Crippen molar-refractivity contribution in [2.75, 3.05) is 39.2 Å². The smallest absolute Gasteiger partial charge is 0.257 e. The lowest BCUT2D eigenvalue weighted by molar-refractivity contribution is -0.135. The average Bonchev–Trinajstić information content (AvgIpc) is 3.62. The Morgan fingerprint density at radius 1 is 1.21 bits per heavy atom. The zero-order valence-electron chi connectivity index (χ0n) is 21.1. The Morgan fingerprint density at radius 3 is 2.59 bits per heavy atom. The summed E-state index contributed by atoms with van der Waals surface area (Å²) >= 11 is 0. The Labute approximate surface area is 202 Å². The Kier molecular flexibility index (Phi) is 8.94. The molecule has 1 heterocycles. The molecule has 1 aromatic rings. The van der Waals surface area contributed by atoms with Crippen LogP contribution in [0.1, 0.15) is 63.2 Å². The molecule has 0 bridgehead atoms. The van der Waals surface area contributed by atoms with E-state index in [4.69, 9.17) is 9.47 Å². The van der Waals surface area contributed by atoms with Gasteiger partial charge in [-0.25, -0.2) is 0 Å². The van der Waals surface area contributed by atoms with Crippen molar-refractivity contribution in [3.05, 3.63) is 23.8 Å². The van der Waals surface area contributed by atoms with Gasteiger partial charge in [0.1, 0.15) is 12.4 Å². The maximum Gasteiger partial charge on any atom is 0.257 e. The van der Waals surface area contributed by atoms with E-state index in [0.717, 1.165) is 19.3 Å². The van der Waals surface area contributed by atoms with Crippen LogP contribution in [0.2, 0.25) is 0 Å². The number of amides is 3. The molecule has 1 aliphatic heterocycles. The van der Waals surface area contributed by atoms with Crippen LogP contribution >= 0.6 is 0 Å². The molecule has 0 spiro atoms. The molecule has 8 nitrogen and oxygen atoms in total. The molecule has 1 fully saturated rings. The van der Waals surface area contributed by atoms with Gasteiger partial charge in [-0.05, 0) is 44.2 Å². The van der Waals surface area contributed by atoms with Gasteiger partial charge >= 0.3 is 0 Å². The van der Waals surface area contributed by atoms with Gasteiger partial charge in [0.05, 0.1) is 17.7 Å². The number of hydrogen-bond donors (Lipinski definition) is 1. The molecule has 34 heavy (non-hydrogen) atoms. The molecule has 3 atom stereocenters. The second kappa shape index (κ2) is 11.7. The van der Waals surface area contributed by atoms with E-state index in [0.29, 0.717) is 48.8 Å². The van der Waals surface area contributed by atoms with E-state index in [1.807, 2.05) is 18.7 Å². The van der Waals surface area contributed by atoms with Crippen LogP contribution in [0.3, 0.4) is 0 Å². The third-order valence-corrected chi connectivity index (χ3v) is 6.69. The van der Waals surface area contributed by atoms with Crippen molar-refractivity contribution in [1.82, 2.24) is 9.80 Å². The monoisotopic (exact) mass is 473 g/mol. The van der Waals surface area contributed by atoms with Crippen LogP contribution in [0.4, 0.5) is 5.69 Å². The third kappa shape index (κ3) is 6.72. The number of nitrogens with one attached hydrogen (secondary N) is 1. The molecule has 1 saturated carbocycles. The molecule has 0 aromatic heterocycles.